The minimum Gasteiger partial charge on any atom is -1.00 e. The van der Waals surface area contributed by atoms with Crippen LogP contribution in [0.15, 0.2) is 0 Å². The summed E-state index contributed by atoms with van der Waals surface area (Å²) in [4.78, 5) is 0. The summed E-state index contributed by atoms with van der Waals surface area (Å²) in [6.45, 7) is 1.72. The molecule has 1 saturated heterocycles. The van der Waals surface area contributed by atoms with Crippen LogP contribution in [0.1, 0.15) is 0 Å². The summed E-state index contributed by atoms with van der Waals surface area (Å²) in [5.41, 5.74) is 0. The van der Waals surface area contributed by atoms with Gasteiger partial charge in [-0.2, -0.15) is 4.39 Å². The molecule has 0 amide bonds. The lowest BCUT2D eigenvalue weighted by Gasteiger charge is -2.12. The third-order valence-corrected chi connectivity index (χ3v) is 0.962. The second-order valence-electron chi connectivity index (χ2n) is 1.62. The monoisotopic (exact) mass is 141 g/mol. The van der Waals surface area contributed by atoms with Crippen LogP contribution in [0.4, 0.5) is 4.39 Å². The molecule has 1 heterocycles. The number of hydrogen-bond donors (Lipinski definition) is 1. The average molecular weight is 142 g/mol. The molecule has 4 heteroatoms. The maximum absolute atomic E-state index is 12.0. The minimum atomic E-state index is -0.811. The highest BCUT2D eigenvalue weighted by Crippen LogP contribution is 1.83. The van der Waals surface area contributed by atoms with Crippen LogP contribution in [-0.4, -0.2) is 26.1 Å². The van der Waals surface area contributed by atoms with Crippen molar-refractivity contribution in [2.75, 3.05) is 19.8 Å². The molecule has 1 aliphatic rings. The highest BCUT2D eigenvalue weighted by Gasteiger charge is 2.12. The van der Waals surface area contributed by atoms with E-state index in [0.717, 1.165) is 6.54 Å². The lowest BCUT2D eigenvalue weighted by Crippen LogP contribution is -3.00. The zero-order valence-electron chi connectivity index (χ0n) is 4.44. The van der Waals surface area contributed by atoms with Gasteiger partial charge in [-0.1, -0.05) is 0 Å². The van der Waals surface area contributed by atoms with Crippen LogP contribution in [0.2, 0.25) is 0 Å². The summed E-state index contributed by atoms with van der Waals surface area (Å²) in [5.74, 6) is 0. The molecule has 0 radical (unpaired) electrons. The molecule has 50 valence electrons. The van der Waals surface area contributed by atoms with Crippen molar-refractivity contribution in [3.63, 3.8) is 0 Å². The highest BCUT2D eigenvalue weighted by molar-refractivity contribution is 4.37. The van der Waals surface area contributed by atoms with Gasteiger partial charge in [-0.15, -0.1) is 0 Å². The maximum atomic E-state index is 12.0. The number of quaternary nitrogens is 1. The zero-order chi connectivity index (χ0) is 5.11. The van der Waals surface area contributed by atoms with Crippen LogP contribution >= 0.6 is 0 Å². The van der Waals surface area contributed by atoms with Crippen LogP contribution in [-0.2, 0) is 4.74 Å². The first-order chi connectivity index (χ1) is 3.39. The second kappa shape index (κ2) is 4.06. The molecule has 0 bridgehead atoms. The fourth-order valence-corrected chi connectivity index (χ4v) is 0.596. The van der Waals surface area contributed by atoms with E-state index in [2.05, 4.69) is 0 Å². The minimum absolute atomic E-state index is 0. The van der Waals surface area contributed by atoms with E-state index in [1.54, 1.807) is 5.32 Å². The number of ether oxygens (including phenoxy) is 1. The molecule has 2 N–H and O–H groups in total. The van der Waals surface area contributed by atoms with E-state index in [1.165, 1.54) is 0 Å². The summed E-state index contributed by atoms with van der Waals surface area (Å²) >= 11 is 0. The van der Waals surface area contributed by atoms with Gasteiger partial charge in [0.15, 0.2) is 0 Å². The van der Waals surface area contributed by atoms with E-state index in [4.69, 9.17) is 4.74 Å². The van der Waals surface area contributed by atoms with E-state index in [-0.39, 0.29) is 19.0 Å². The van der Waals surface area contributed by atoms with Crippen molar-refractivity contribution in [2.24, 2.45) is 0 Å². The molecular weight excluding hydrogens is 133 g/mol. The van der Waals surface area contributed by atoms with Crippen LogP contribution in [0, 0.1) is 0 Å². The van der Waals surface area contributed by atoms with Crippen LogP contribution < -0.4 is 17.7 Å². The number of morpholine rings is 1. The van der Waals surface area contributed by atoms with Crippen molar-refractivity contribution in [1.29, 1.82) is 0 Å². The fourth-order valence-electron chi connectivity index (χ4n) is 0.596. The Morgan fingerprint density at radius 1 is 1.62 bits per heavy atom. The van der Waals surface area contributed by atoms with Crippen molar-refractivity contribution in [2.45, 2.75) is 6.30 Å². The second-order valence-corrected chi connectivity index (χ2v) is 1.62. The van der Waals surface area contributed by atoms with Crippen molar-refractivity contribution >= 4 is 0 Å². The largest absolute Gasteiger partial charge is 1.00 e. The lowest BCUT2D eigenvalue weighted by molar-refractivity contribution is -0.727. The molecule has 0 aromatic rings. The van der Waals surface area contributed by atoms with Gasteiger partial charge >= 0.3 is 0 Å². The first-order valence-corrected chi connectivity index (χ1v) is 2.45. The smallest absolute Gasteiger partial charge is 0.252 e. The van der Waals surface area contributed by atoms with Gasteiger partial charge in [0.2, 0.25) is 0 Å². The number of halogens is 2. The van der Waals surface area contributed by atoms with Gasteiger partial charge in [0, 0.05) is 0 Å². The normalized spacial score (nSPS) is 28.9. The summed E-state index contributed by atoms with van der Waals surface area (Å²) in [5, 5.41) is 1.64. The molecule has 0 spiro atoms. The Labute approximate surface area is 53.8 Å². The molecule has 0 aliphatic carbocycles. The van der Waals surface area contributed by atoms with Crippen molar-refractivity contribution in [1.82, 2.24) is 0 Å². The Balaban J connectivity index is 0.000000490. The lowest BCUT2D eigenvalue weighted by atomic mass is 10.5. The number of hydrogen-bond acceptors (Lipinski definition) is 1. The molecule has 1 unspecified atom stereocenters. The first-order valence-electron chi connectivity index (χ1n) is 2.45. The van der Waals surface area contributed by atoms with E-state index >= 15 is 0 Å². The Morgan fingerprint density at radius 3 is 2.62 bits per heavy atom. The van der Waals surface area contributed by atoms with Crippen LogP contribution in [0.5, 0.6) is 0 Å². The third-order valence-electron chi connectivity index (χ3n) is 0.962. The SMILES string of the molecule is FC1COCC[NH2+]1.[Cl-]. The molecule has 1 atom stereocenters. The number of alkyl halides is 1. The summed E-state index contributed by atoms with van der Waals surface area (Å²) in [6.07, 6.45) is -0.811. The predicted octanol–water partition coefficient (Wildman–Crippen LogP) is -4.12. The summed E-state index contributed by atoms with van der Waals surface area (Å²) in [7, 11) is 0. The topological polar surface area (TPSA) is 25.8 Å². The molecule has 1 fully saturated rings. The Hall–Kier alpha value is 0.140. The third kappa shape index (κ3) is 2.45. The summed E-state index contributed by atoms with van der Waals surface area (Å²) < 4.78 is 16.8. The molecule has 1 aliphatic heterocycles. The molecule has 8 heavy (non-hydrogen) atoms. The predicted molar refractivity (Wildman–Crippen MR) is 22.5 cm³/mol. The van der Waals surface area contributed by atoms with E-state index in [1.807, 2.05) is 0 Å². The standard InChI is InChI=1S/C4H8FNO.ClH/c5-4-3-7-2-1-6-4;/h4,6H,1-3H2;1H. The maximum Gasteiger partial charge on any atom is 0.252 e. The van der Waals surface area contributed by atoms with Gasteiger partial charge in [-0.3, -0.25) is 0 Å². The number of rotatable bonds is 0. The quantitative estimate of drug-likeness (QED) is 0.341. The number of nitrogens with two attached hydrogens (primary N) is 1. The molecule has 0 saturated carbocycles. The molecular formula is C4H9ClFNO. The van der Waals surface area contributed by atoms with Gasteiger partial charge in [0.1, 0.15) is 13.2 Å². The fraction of sp³-hybridized carbons (Fsp3) is 1.00. The van der Waals surface area contributed by atoms with Crippen molar-refractivity contribution in [3.8, 4) is 0 Å². The van der Waals surface area contributed by atoms with E-state index in [0.29, 0.717) is 6.61 Å². The molecule has 0 aromatic heterocycles. The zero-order valence-corrected chi connectivity index (χ0v) is 5.20. The average Bonchev–Trinajstić information content (AvgIpc) is 1.69. The van der Waals surface area contributed by atoms with Gasteiger partial charge in [-0.05, 0) is 0 Å². The van der Waals surface area contributed by atoms with Crippen molar-refractivity contribution < 1.29 is 26.9 Å². The molecule has 0 aromatic carbocycles. The van der Waals surface area contributed by atoms with Crippen LogP contribution in [0.3, 0.4) is 0 Å². The van der Waals surface area contributed by atoms with Gasteiger partial charge in [-0.25, -0.2) is 0 Å². The Kier molecular flexibility index (Phi) is 4.13. The summed E-state index contributed by atoms with van der Waals surface area (Å²) in [6, 6.07) is 0. The van der Waals surface area contributed by atoms with E-state index < -0.39 is 6.30 Å². The van der Waals surface area contributed by atoms with E-state index in [9.17, 15) is 4.39 Å². The Morgan fingerprint density at radius 2 is 2.38 bits per heavy atom. The highest BCUT2D eigenvalue weighted by atomic mass is 35.5. The van der Waals surface area contributed by atoms with Gasteiger partial charge in [0.25, 0.3) is 6.30 Å². The molecule has 2 nitrogen and oxygen atoms in total. The van der Waals surface area contributed by atoms with Gasteiger partial charge < -0.3 is 22.5 Å². The van der Waals surface area contributed by atoms with Crippen LogP contribution in [0.25, 0.3) is 0 Å². The van der Waals surface area contributed by atoms with Crippen molar-refractivity contribution in [3.05, 3.63) is 0 Å². The molecule has 1 rings (SSSR count). The van der Waals surface area contributed by atoms with Gasteiger partial charge in [0.05, 0.1) is 6.61 Å². The Bertz CT molecular complexity index is 58.0. The first kappa shape index (κ1) is 8.14.